The minimum Gasteiger partial charge on any atom is -0.457 e. The molecule has 8 atom stereocenters. The zero-order valence-corrected chi connectivity index (χ0v) is 25.6. The van der Waals surface area contributed by atoms with Gasteiger partial charge in [0.15, 0.2) is 17.2 Å². The van der Waals surface area contributed by atoms with Crippen LogP contribution in [-0.2, 0) is 19.1 Å². The van der Waals surface area contributed by atoms with Gasteiger partial charge in [-0.3, -0.25) is 9.59 Å². The molecule has 9 nitrogen and oxygen atoms in total. The van der Waals surface area contributed by atoms with Crippen LogP contribution in [0.15, 0.2) is 69.4 Å². The number of alkyl halides is 2. The van der Waals surface area contributed by atoms with Gasteiger partial charge in [-0.15, -0.1) is 23.2 Å². The zero-order chi connectivity index (χ0) is 30.1. The molecule has 230 valence electrons. The van der Waals surface area contributed by atoms with Gasteiger partial charge < -0.3 is 23.8 Å². The van der Waals surface area contributed by atoms with Gasteiger partial charge in [0.1, 0.15) is 6.10 Å². The first kappa shape index (κ1) is 31.3. The second kappa shape index (κ2) is 10.8. The van der Waals surface area contributed by atoms with E-state index in [0.29, 0.717) is 19.3 Å². The van der Waals surface area contributed by atoms with Crippen LogP contribution in [0.4, 0.5) is 0 Å². The van der Waals surface area contributed by atoms with Crippen LogP contribution < -0.4 is 0 Å². The quantitative estimate of drug-likeness (QED) is 0.300. The van der Waals surface area contributed by atoms with Crippen LogP contribution in [0, 0.1) is 28.6 Å². The van der Waals surface area contributed by atoms with Crippen molar-refractivity contribution < 1.29 is 43.0 Å². The van der Waals surface area contributed by atoms with Gasteiger partial charge >= 0.3 is 11.9 Å². The lowest BCUT2D eigenvalue weighted by molar-refractivity contribution is -0.177. The van der Waals surface area contributed by atoms with Crippen LogP contribution in [0.5, 0.6) is 0 Å². The number of halogens is 2. The van der Waals surface area contributed by atoms with Crippen molar-refractivity contribution in [2.75, 3.05) is 5.88 Å². The van der Waals surface area contributed by atoms with Crippen molar-refractivity contribution in [3.63, 3.8) is 0 Å². The molecule has 4 aliphatic rings. The highest BCUT2D eigenvalue weighted by Crippen LogP contribution is 2.72. The number of Topliss-reactive ketones (excluding diaryl/α,β-unsaturated/α-hetero) is 1. The van der Waals surface area contributed by atoms with Crippen molar-refractivity contribution in [2.24, 2.45) is 28.6 Å². The van der Waals surface area contributed by atoms with E-state index >= 15 is 0 Å². The van der Waals surface area contributed by atoms with Gasteiger partial charge in [-0.05, 0) is 73.9 Å². The molecule has 3 saturated carbocycles. The van der Waals surface area contributed by atoms with Crippen molar-refractivity contribution in [3.8, 4) is 0 Å². The predicted octanol–water partition coefficient (Wildman–Crippen LogP) is 5.50. The minimum atomic E-state index is -1.63. The average Bonchev–Trinajstić information content (AvgIpc) is 3.72. The van der Waals surface area contributed by atoms with Gasteiger partial charge in [0.05, 0.1) is 23.3 Å². The van der Waals surface area contributed by atoms with Crippen LogP contribution in [-0.4, -0.2) is 51.4 Å². The average molecular weight is 634 g/mol. The van der Waals surface area contributed by atoms with E-state index < -0.39 is 51.0 Å². The highest BCUT2D eigenvalue weighted by molar-refractivity contribution is 6.29. The number of ether oxygens (including phenoxy) is 2. The molecule has 6 rings (SSSR count). The molecular weight excluding hydrogens is 599 g/mol. The first-order valence-electron chi connectivity index (χ1n) is 14.2. The molecule has 2 heterocycles. The van der Waals surface area contributed by atoms with E-state index in [2.05, 4.69) is 0 Å². The van der Waals surface area contributed by atoms with Crippen LogP contribution >= 0.6 is 23.2 Å². The third-order valence-electron chi connectivity index (χ3n) is 10.6. The fraction of sp³-hybridized carbons (Fsp3) is 0.500. The minimum absolute atomic E-state index is 0. The van der Waals surface area contributed by atoms with E-state index in [-0.39, 0.29) is 46.9 Å². The lowest BCUT2D eigenvalue weighted by Gasteiger charge is -2.64. The number of carbonyl (C=O) groups is 4. The molecule has 3 fully saturated rings. The summed E-state index contributed by atoms with van der Waals surface area (Å²) in [6, 6.07) is 6.14. The molecule has 2 aromatic heterocycles. The number of carbonyl (C=O) groups excluding carboxylic acids is 4. The van der Waals surface area contributed by atoms with Crippen LogP contribution in [0.2, 0.25) is 0 Å². The smallest absolute Gasteiger partial charge is 0.375 e. The summed E-state index contributed by atoms with van der Waals surface area (Å²) in [5, 5.41) is 0. The number of rotatable bonds is 6. The number of hydrogen-bond donors (Lipinski definition) is 0. The maximum Gasteiger partial charge on any atom is 0.375 e. The lowest BCUT2D eigenvalue weighted by atomic mass is 9.45. The Balaban J connectivity index is 0.00000368. The molecule has 2 N–H and O–H groups in total. The maximum atomic E-state index is 13.9. The molecule has 43 heavy (non-hydrogen) atoms. The van der Waals surface area contributed by atoms with E-state index in [1.807, 2.05) is 26.8 Å². The molecule has 4 aliphatic carbocycles. The van der Waals surface area contributed by atoms with E-state index in [1.54, 1.807) is 18.2 Å². The number of fused-ring (bicyclic) bond motifs is 5. The van der Waals surface area contributed by atoms with Gasteiger partial charge in [0.2, 0.25) is 11.5 Å². The van der Waals surface area contributed by atoms with Crippen molar-refractivity contribution >= 4 is 46.7 Å². The Bertz CT molecular complexity index is 1490. The van der Waals surface area contributed by atoms with Gasteiger partial charge in [-0.2, -0.15) is 0 Å². The summed E-state index contributed by atoms with van der Waals surface area (Å²) in [6.07, 6.45) is 8.58. The first-order chi connectivity index (χ1) is 19.9. The molecule has 2 aromatic rings. The second-order valence-corrected chi connectivity index (χ2v) is 13.3. The Kier molecular flexibility index (Phi) is 7.85. The monoisotopic (exact) mass is 632 g/mol. The highest BCUT2D eigenvalue weighted by atomic mass is 35.5. The fourth-order valence-electron chi connectivity index (χ4n) is 8.76. The Morgan fingerprint density at radius 2 is 1.70 bits per heavy atom. The zero-order valence-electron chi connectivity index (χ0n) is 24.1. The predicted molar refractivity (Wildman–Crippen MR) is 156 cm³/mol. The van der Waals surface area contributed by atoms with Crippen LogP contribution in [0.3, 0.4) is 0 Å². The number of furan rings is 2. The largest absolute Gasteiger partial charge is 0.457 e. The second-order valence-electron chi connectivity index (χ2n) is 12.4. The number of esters is 2. The van der Waals surface area contributed by atoms with Crippen LogP contribution in [0.1, 0.15) is 67.6 Å². The Morgan fingerprint density at radius 3 is 2.30 bits per heavy atom. The van der Waals surface area contributed by atoms with E-state index in [9.17, 15) is 19.2 Å². The molecule has 0 spiro atoms. The maximum absolute atomic E-state index is 13.9. The normalized spacial score (nSPS) is 37.7. The van der Waals surface area contributed by atoms with Crippen molar-refractivity contribution in [3.05, 3.63) is 72.1 Å². The van der Waals surface area contributed by atoms with E-state index in [1.165, 1.54) is 30.7 Å². The van der Waals surface area contributed by atoms with Gasteiger partial charge in [0.25, 0.3) is 0 Å². The molecule has 0 aromatic carbocycles. The van der Waals surface area contributed by atoms with Crippen LogP contribution in [0.25, 0.3) is 0 Å². The summed E-state index contributed by atoms with van der Waals surface area (Å²) in [5.41, 5.74) is -2.59. The summed E-state index contributed by atoms with van der Waals surface area (Å²) in [6.45, 7) is 5.78. The van der Waals surface area contributed by atoms with Crippen molar-refractivity contribution in [1.82, 2.24) is 0 Å². The molecule has 8 unspecified atom stereocenters. The summed E-state index contributed by atoms with van der Waals surface area (Å²) in [4.78, 5) is 52.0. The van der Waals surface area contributed by atoms with Crippen molar-refractivity contribution in [1.29, 1.82) is 0 Å². The third kappa shape index (κ3) is 4.22. The lowest BCUT2D eigenvalue weighted by Crippen LogP contribution is -2.70. The summed E-state index contributed by atoms with van der Waals surface area (Å²) in [5.74, 6) is -3.31. The number of allylic oxidation sites excluding steroid dienone is 4. The third-order valence-corrected chi connectivity index (χ3v) is 11.8. The fourth-order valence-corrected chi connectivity index (χ4v) is 9.53. The standard InChI is InChI=1S/C32H32Cl2O8.H2O/c1-18-14-22-21-9-8-19-15-20(35)10-11-29(19,2)31(21,34)26(41-27(37)23-6-4-12-39-23)16-30(22,3)32(18,25(36)17-33)42-28(38)24-7-5-13-40-24;/h4-7,10-13,15,18,21-22,26H,8-9,14,16-17H2,1-3H3;1H2. The summed E-state index contributed by atoms with van der Waals surface area (Å²) in [7, 11) is 0. The topological polar surface area (TPSA) is 145 Å². The Labute approximate surface area is 258 Å². The van der Waals surface area contributed by atoms with Gasteiger partial charge in [0, 0.05) is 16.7 Å². The highest BCUT2D eigenvalue weighted by Gasteiger charge is 2.77. The SMILES string of the molecule is CC1CC2C3CCC4=CC(=O)C=CC4(C)C3(Cl)C(OC(=O)c3ccco3)CC2(C)C1(OC(=O)c1ccco1)C(=O)CCl.O. The molecule has 0 saturated heterocycles. The Hall–Kier alpha value is -3.14. The summed E-state index contributed by atoms with van der Waals surface area (Å²) < 4.78 is 23.1. The first-order valence-corrected chi connectivity index (χ1v) is 15.1. The van der Waals surface area contributed by atoms with Gasteiger partial charge in [-0.1, -0.05) is 32.4 Å². The molecule has 0 bridgehead atoms. The van der Waals surface area contributed by atoms with E-state index in [4.69, 9.17) is 41.5 Å². The van der Waals surface area contributed by atoms with Gasteiger partial charge in [-0.25, -0.2) is 9.59 Å². The molecule has 0 radical (unpaired) electrons. The summed E-state index contributed by atoms with van der Waals surface area (Å²) >= 11 is 14.1. The molecule has 0 amide bonds. The molecule has 0 aliphatic heterocycles. The molecular formula is C32H34Cl2O9. The van der Waals surface area contributed by atoms with Crippen molar-refractivity contribution in [2.45, 2.75) is 63.0 Å². The Morgan fingerprint density at radius 1 is 1.05 bits per heavy atom. The molecule has 11 heteroatoms. The van der Waals surface area contributed by atoms with E-state index in [0.717, 1.165) is 5.57 Å². The number of hydrogen-bond acceptors (Lipinski definition) is 8. The number of ketones is 2.